The van der Waals surface area contributed by atoms with Crippen LogP contribution in [0.1, 0.15) is 48.0 Å². The average molecular weight is 184 g/mol. The van der Waals surface area contributed by atoms with Gasteiger partial charge in [-0.05, 0) is 23.2 Å². The Morgan fingerprint density at radius 3 is 1.77 bits per heavy atom. The lowest BCUT2D eigenvalue weighted by Gasteiger charge is -2.38. The fraction of sp³-hybridized carbons (Fsp3) is 1.00. The van der Waals surface area contributed by atoms with Crippen molar-refractivity contribution in [2.75, 3.05) is 6.61 Å². The Balaban J connectivity index is 2.76. The maximum Gasteiger partial charge on any atom is 0.0657 e. The molecule has 0 aliphatic carbocycles. The van der Waals surface area contributed by atoms with Gasteiger partial charge in [-0.3, -0.25) is 0 Å². The van der Waals surface area contributed by atoms with Crippen molar-refractivity contribution in [1.82, 2.24) is 0 Å². The Morgan fingerprint density at radius 2 is 1.46 bits per heavy atom. The van der Waals surface area contributed by atoms with Gasteiger partial charge in [0.15, 0.2) is 0 Å². The topological polar surface area (TPSA) is 9.23 Å². The minimum atomic E-state index is 0.286. The predicted octanol–water partition coefficient (Wildman–Crippen LogP) is 3.48. The van der Waals surface area contributed by atoms with Crippen molar-refractivity contribution in [3.05, 3.63) is 0 Å². The third-order valence-corrected chi connectivity index (χ3v) is 3.06. The highest BCUT2D eigenvalue weighted by Crippen LogP contribution is 2.43. The summed E-state index contributed by atoms with van der Waals surface area (Å²) in [5.41, 5.74) is 0.670. The van der Waals surface area contributed by atoms with E-state index in [2.05, 4.69) is 41.5 Å². The highest BCUT2D eigenvalue weighted by molar-refractivity contribution is 4.91. The van der Waals surface area contributed by atoms with Gasteiger partial charge in [0.1, 0.15) is 0 Å². The molecule has 0 aromatic rings. The Kier molecular flexibility index (Phi) is 2.78. The van der Waals surface area contributed by atoms with Crippen LogP contribution in [0.5, 0.6) is 0 Å². The lowest BCUT2D eigenvalue weighted by molar-refractivity contribution is -0.0179. The zero-order chi connectivity index (χ0) is 10.3. The second-order valence-electron chi connectivity index (χ2n) is 6.42. The molecule has 0 aromatic carbocycles. The Morgan fingerprint density at radius 1 is 0.923 bits per heavy atom. The quantitative estimate of drug-likeness (QED) is 0.560. The average Bonchev–Trinajstić information content (AvgIpc) is 2.27. The molecular formula is C12H24O. The van der Waals surface area contributed by atoms with E-state index in [0.29, 0.717) is 17.4 Å². The van der Waals surface area contributed by atoms with Crippen molar-refractivity contribution in [3.63, 3.8) is 0 Å². The first-order valence-electron chi connectivity index (χ1n) is 5.34. The third-order valence-electron chi connectivity index (χ3n) is 3.06. The summed E-state index contributed by atoms with van der Waals surface area (Å²) in [6.07, 6.45) is 1.67. The second-order valence-corrected chi connectivity index (χ2v) is 6.42. The van der Waals surface area contributed by atoms with E-state index in [1.54, 1.807) is 0 Å². The van der Waals surface area contributed by atoms with Crippen LogP contribution in [0.3, 0.4) is 0 Å². The fourth-order valence-corrected chi connectivity index (χ4v) is 2.33. The summed E-state index contributed by atoms with van der Waals surface area (Å²) in [7, 11) is 0. The maximum absolute atomic E-state index is 5.86. The zero-order valence-electron chi connectivity index (χ0n) is 9.98. The van der Waals surface area contributed by atoms with Crippen LogP contribution in [0.25, 0.3) is 0 Å². The molecule has 1 aliphatic heterocycles. The molecule has 1 fully saturated rings. The molecule has 0 saturated carbocycles. The van der Waals surface area contributed by atoms with Gasteiger partial charge in [-0.2, -0.15) is 0 Å². The maximum atomic E-state index is 5.86. The van der Waals surface area contributed by atoms with E-state index in [1.165, 1.54) is 6.42 Å². The highest BCUT2D eigenvalue weighted by Gasteiger charge is 2.42. The molecule has 1 heteroatoms. The van der Waals surface area contributed by atoms with Crippen LogP contribution < -0.4 is 0 Å². The summed E-state index contributed by atoms with van der Waals surface area (Å²) in [6, 6.07) is 0. The molecule has 0 unspecified atom stereocenters. The monoisotopic (exact) mass is 184 g/mol. The van der Waals surface area contributed by atoms with Gasteiger partial charge in [-0.1, -0.05) is 41.5 Å². The van der Waals surface area contributed by atoms with Gasteiger partial charge < -0.3 is 4.74 Å². The molecule has 1 heterocycles. The van der Waals surface area contributed by atoms with E-state index >= 15 is 0 Å². The first kappa shape index (κ1) is 11.0. The van der Waals surface area contributed by atoms with Crippen molar-refractivity contribution < 1.29 is 4.74 Å². The number of ether oxygens (including phenoxy) is 1. The molecule has 78 valence electrons. The molecule has 0 radical (unpaired) electrons. The normalized spacial score (nSPS) is 30.9. The van der Waals surface area contributed by atoms with E-state index < -0.39 is 0 Å². The number of rotatable bonds is 0. The molecule has 1 nitrogen and oxygen atoms in total. The van der Waals surface area contributed by atoms with Crippen LogP contribution in [-0.2, 0) is 4.74 Å². The van der Waals surface area contributed by atoms with E-state index in [0.717, 1.165) is 6.61 Å². The second kappa shape index (κ2) is 3.27. The standard InChI is InChI=1S/C12H24O/c1-11(2,3)9-7-8-13-10(9)12(4,5)6/h9-10H,7-8H2,1-6H3/t9-,10+/m1/s1. The van der Waals surface area contributed by atoms with Gasteiger partial charge in [0.05, 0.1) is 6.10 Å². The van der Waals surface area contributed by atoms with Crippen LogP contribution >= 0.6 is 0 Å². The predicted molar refractivity (Wildman–Crippen MR) is 56.8 cm³/mol. The Labute approximate surface area is 82.9 Å². The number of hydrogen-bond acceptors (Lipinski definition) is 1. The van der Waals surface area contributed by atoms with Gasteiger partial charge in [-0.15, -0.1) is 0 Å². The van der Waals surface area contributed by atoms with Crippen LogP contribution in [0.15, 0.2) is 0 Å². The minimum Gasteiger partial charge on any atom is -0.377 e. The van der Waals surface area contributed by atoms with Crippen LogP contribution in [0.2, 0.25) is 0 Å². The minimum absolute atomic E-state index is 0.286. The number of hydrogen-bond donors (Lipinski definition) is 0. The molecule has 1 aliphatic rings. The molecule has 2 atom stereocenters. The Hall–Kier alpha value is -0.0400. The third kappa shape index (κ3) is 2.46. The first-order valence-corrected chi connectivity index (χ1v) is 5.34. The molecule has 13 heavy (non-hydrogen) atoms. The van der Waals surface area contributed by atoms with E-state index in [-0.39, 0.29) is 5.41 Å². The van der Waals surface area contributed by atoms with E-state index in [9.17, 15) is 0 Å². The summed E-state index contributed by atoms with van der Waals surface area (Å²) in [5, 5.41) is 0. The lowest BCUT2D eigenvalue weighted by atomic mass is 9.70. The van der Waals surface area contributed by atoms with Crippen molar-refractivity contribution in [1.29, 1.82) is 0 Å². The van der Waals surface area contributed by atoms with Crippen molar-refractivity contribution >= 4 is 0 Å². The van der Waals surface area contributed by atoms with Gasteiger partial charge in [0.25, 0.3) is 0 Å². The molecule has 1 saturated heterocycles. The zero-order valence-corrected chi connectivity index (χ0v) is 9.98. The van der Waals surface area contributed by atoms with Crippen LogP contribution in [-0.4, -0.2) is 12.7 Å². The molecule has 0 bridgehead atoms. The lowest BCUT2D eigenvalue weighted by Crippen LogP contribution is -2.37. The summed E-state index contributed by atoms with van der Waals surface area (Å²) >= 11 is 0. The molecule has 0 N–H and O–H groups in total. The summed E-state index contributed by atoms with van der Waals surface area (Å²) in [5.74, 6) is 0.715. The highest BCUT2D eigenvalue weighted by atomic mass is 16.5. The van der Waals surface area contributed by atoms with Gasteiger partial charge >= 0.3 is 0 Å². The first-order chi connectivity index (χ1) is 5.73. The van der Waals surface area contributed by atoms with Gasteiger partial charge in [-0.25, -0.2) is 0 Å². The molecule has 1 rings (SSSR count). The molecular weight excluding hydrogens is 160 g/mol. The smallest absolute Gasteiger partial charge is 0.0657 e. The van der Waals surface area contributed by atoms with Crippen LogP contribution in [0.4, 0.5) is 0 Å². The van der Waals surface area contributed by atoms with Crippen molar-refractivity contribution in [2.24, 2.45) is 16.7 Å². The Bertz CT molecular complexity index is 151. The molecule has 0 aromatic heterocycles. The SMILES string of the molecule is CC(C)(C)[C@@H]1CCO[C@@H]1C(C)(C)C. The fourth-order valence-electron chi connectivity index (χ4n) is 2.33. The molecule has 0 amide bonds. The summed E-state index contributed by atoms with van der Waals surface area (Å²) in [4.78, 5) is 0. The van der Waals surface area contributed by atoms with E-state index in [1.807, 2.05) is 0 Å². The van der Waals surface area contributed by atoms with Crippen molar-refractivity contribution in [3.8, 4) is 0 Å². The largest absolute Gasteiger partial charge is 0.377 e. The van der Waals surface area contributed by atoms with Gasteiger partial charge in [0, 0.05) is 6.61 Å². The molecule has 0 spiro atoms. The van der Waals surface area contributed by atoms with Crippen molar-refractivity contribution in [2.45, 2.75) is 54.1 Å². The van der Waals surface area contributed by atoms with Gasteiger partial charge in [0.2, 0.25) is 0 Å². The summed E-state index contributed by atoms with van der Waals surface area (Å²) < 4.78 is 5.86. The summed E-state index contributed by atoms with van der Waals surface area (Å²) in [6.45, 7) is 14.8. The van der Waals surface area contributed by atoms with Crippen LogP contribution in [0, 0.1) is 16.7 Å². The van der Waals surface area contributed by atoms with E-state index in [4.69, 9.17) is 4.74 Å².